The number of nitriles is 1. The van der Waals surface area contributed by atoms with Crippen molar-refractivity contribution >= 4 is 0 Å². The SMILES string of the molecule is CC(O)(Cc1ccco1)c1cccc(C#N)c1. The molecule has 0 spiro atoms. The van der Waals surface area contributed by atoms with E-state index in [2.05, 4.69) is 6.07 Å². The van der Waals surface area contributed by atoms with Gasteiger partial charge in [-0.15, -0.1) is 0 Å². The van der Waals surface area contributed by atoms with Crippen LogP contribution >= 0.6 is 0 Å². The fourth-order valence-electron chi connectivity index (χ4n) is 1.78. The minimum Gasteiger partial charge on any atom is -0.469 e. The van der Waals surface area contributed by atoms with E-state index in [0.29, 0.717) is 17.5 Å². The zero-order chi connectivity index (χ0) is 12.3. The molecule has 2 rings (SSSR count). The van der Waals surface area contributed by atoms with Crippen LogP contribution in [0.1, 0.15) is 23.8 Å². The molecule has 1 aromatic heterocycles. The first kappa shape index (κ1) is 11.4. The molecule has 0 radical (unpaired) electrons. The van der Waals surface area contributed by atoms with Gasteiger partial charge in [-0.05, 0) is 36.8 Å². The Morgan fingerprint density at radius 3 is 2.82 bits per heavy atom. The highest BCUT2D eigenvalue weighted by molar-refractivity contribution is 5.35. The molecule has 0 aliphatic heterocycles. The molecule has 1 heterocycles. The zero-order valence-corrected chi connectivity index (χ0v) is 9.55. The van der Waals surface area contributed by atoms with Crippen LogP contribution in [0.2, 0.25) is 0 Å². The first-order valence-corrected chi connectivity index (χ1v) is 5.37. The highest BCUT2D eigenvalue weighted by atomic mass is 16.3. The van der Waals surface area contributed by atoms with Gasteiger partial charge in [-0.2, -0.15) is 5.26 Å². The predicted molar refractivity (Wildman–Crippen MR) is 63.1 cm³/mol. The highest BCUT2D eigenvalue weighted by Crippen LogP contribution is 2.26. The molecular weight excluding hydrogens is 214 g/mol. The molecule has 0 aliphatic rings. The summed E-state index contributed by atoms with van der Waals surface area (Å²) in [5.74, 6) is 0.720. The molecule has 2 aromatic rings. The van der Waals surface area contributed by atoms with Crippen molar-refractivity contribution in [1.82, 2.24) is 0 Å². The fourth-order valence-corrected chi connectivity index (χ4v) is 1.78. The molecule has 1 N–H and O–H groups in total. The lowest BCUT2D eigenvalue weighted by atomic mass is 9.90. The van der Waals surface area contributed by atoms with Crippen molar-refractivity contribution in [3.05, 3.63) is 59.5 Å². The Bertz CT molecular complexity index is 536. The van der Waals surface area contributed by atoms with Crippen molar-refractivity contribution < 1.29 is 9.52 Å². The van der Waals surface area contributed by atoms with Crippen molar-refractivity contribution in [2.45, 2.75) is 18.9 Å². The lowest BCUT2D eigenvalue weighted by Gasteiger charge is -2.22. The number of rotatable bonds is 3. The Hall–Kier alpha value is -2.05. The first-order valence-electron chi connectivity index (χ1n) is 5.37. The molecule has 1 aromatic carbocycles. The third kappa shape index (κ3) is 2.55. The van der Waals surface area contributed by atoms with E-state index in [1.165, 1.54) is 0 Å². The van der Waals surface area contributed by atoms with Crippen molar-refractivity contribution in [2.75, 3.05) is 0 Å². The zero-order valence-electron chi connectivity index (χ0n) is 9.55. The van der Waals surface area contributed by atoms with Crippen LogP contribution in [0.25, 0.3) is 0 Å². The van der Waals surface area contributed by atoms with E-state index < -0.39 is 5.60 Å². The van der Waals surface area contributed by atoms with E-state index >= 15 is 0 Å². The molecule has 86 valence electrons. The topological polar surface area (TPSA) is 57.2 Å². The predicted octanol–water partition coefficient (Wildman–Crippen LogP) is 2.60. The molecule has 3 nitrogen and oxygen atoms in total. The van der Waals surface area contributed by atoms with Crippen LogP contribution < -0.4 is 0 Å². The summed E-state index contributed by atoms with van der Waals surface area (Å²) in [5, 5.41) is 19.2. The van der Waals surface area contributed by atoms with Crippen molar-refractivity contribution in [1.29, 1.82) is 5.26 Å². The lowest BCUT2D eigenvalue weighted by Crippen LogP contribution is -2.24. The maximum absolute atomic E-state index is 10.4. The van der Waals surface area contributed by atoms with E-state index in [9.17, 15) is 5.11 Å². The summed E-state index contributed by atoms with van der Waals surface area (Å²) < 4.78 is 5.22. The molecule has 0 saturated heterocycles. The molecule has 3 heteroatoms. The monoisotopic (exact) mass is 227 g/mol. The maximum Gasteiger partial charge on any atom is 0.106 e. The minimum atomic E-state index is -1.04. The van der Waals surface area contributed by atoms with E-state index in [0.717, 1.165) is 5.76 Å². The number of hydrogen-bond acceptors (Lipinski definition) is 3. The summed E-state index contributed by atoms with van der Waals surface area (Å²) in [7, 11) is 0. The molecule has 0 saturated carbocycles. The molecule has 0 bridgehead atoms. The van der Waals surface area contributed by atoms with Gasteiger partial charge in [0.25, 0.3) is 0 Å². The molecular formula is C14H13NO2. The lowest BCUT2D eigenvalue weighted by molar-refractivity contribution is 0.0521. The van der Waals surface area contributed by atoms with Crippen LogP contribution in [0.3, 0.4) is 0 Å². The Balaban J connectivity index is 2.28. The molecule has 17 heavy (non-hydrogen) atoms. The van der Waals surface area contributed by atoms with Crippen LogP contribution in [-0.4, -0.2) is 5.11 Å². The molecule has 1 unspecified atom stereocenters. The van der Waals surface area contributed by atoms with Crippen molar-refractivity contribution in [2.24, 2.45) is 0 Å². The van der Waals surface area contributed by atoms with Crippen molar-refractivity contribution in [3.8, 4) is 6.07 Å². The number of hydrogen-bond donors (Lipinski definition) is 1. The van der Waals surface area contributed by atoms with E-state index in [1.54, 1.807) is 37.5 Å². The van der Waals surface area contributed by atoms with Gasteiger partial charge in [-0.3, -0.25) is 0 Å². The molecule has 0 aliphatic carbocycles. The second-order valence-electron chi connectivity index (χ2n) is 4.22. The summed E-state index contributed by atoms with van der Waals surface area (Å²) in [5.41, 5.74) is 0.222. The van der Waals surface area contributed by atoms with Gasteiger partial charge in [0.1, 0.15) is 5.76 Å². The molecule has 1 atom stereocenters. The van der Waals surface area contributed by atoms with Crippen LogP contribution in [0.5, 0.6) is 0 Å². The number of aliphatic hydroxyl groups is 1. The van der Waals surface area contributed by atoms with Gasteiger partial charge in [0.05, 0.1) is 23.5 Å². The summed E-state index contributed by atoms with van der Waals surface area (Å²) in [6, 6.07) is 12.7. The Labute approximate surface area is 99.9 Å². The molecule has 0 fully saturated rings. The summed E-state index contributed by atoms with van der Waals surface area (Å²) in [6.07, 6.45) is 1.96. The Morgan fingerprint density at radius 1 is 1.35 bits per heavy atom. The smallest absolute Gasteiger partial charge is 0.106 e. The van der Waals surface area contributed by atoms with Gasteiger partial charge in [0.2, 0.25) is 0 Å². The van der Waals surface area contributed by atoms with Crippen LogP contribution in [-0.2, 0) is 12.0 Å². The van der Waals surface area contributed by atoms with Gasteiger partial charge in [-0.1, -0.05) is 12.1 Å². The van der Waals surface area contributed by atoms with Gasteiger partial charge in [-0.25, -0.2) is 0 Å². The molecule has 0 amide bonds. The van der Waals surface area contributed by atoms with Gasteiger partial charge < -0.3 is 9.52 Å². The summed E-state index contributed by atoms with van der Waals surface area (Å²) >= 11 is 0. The van der Waals surface area contributed by atoms with Crippen LogP contribution in [0.4, 0.5) is 0 Å². The quantitative estimate of drug-likeness (QED) is 0.876. The number of nitrogens with zero attached hydrogens (tertiary/aromatic N) is 1. The van der Waals surface area contributed by atoms with Gasteiger partial charge in [0.15, 0.2) is 0 Å². The minimum absolute atomic E-state index is 0.384. The average molecular weight is 227 g/mol. The average Bonchev–Trinajstić information content (AvgIpc) is 2.81. The fraction of sp³-hybridized carbons (Fsp3) is 0.214. The van der Waals surface area contributed by atoms with Gasteiger partial charge >= 0.3 is 0 Å². The second-order valence-corrected chi connectivity index (χ2v) is 4.22. The van der Waals surface area contributed by atoms with Crippen LogP contribution in [0.15, 0.2) is 47.1 Å². The summed E-state index contributed by atoms with van der Waals surface area (Å²) in [4.78, 5) is 0. The van der Waals surface area contributed by atoms with E-state index in [-0.39, 0.29) is 0 Å². The van der Waals surface area contributed by atoms with Crippen LogP contribution in [0, 0.1) is 11.3 Å². The number of furan rings is 1. The second kappa shape index (κ2) is 4.44. The van der Waals surface area contributed by atoms with E-state index in [1.807, 2.05) is 12.1 Å². The standard InChI is InChI=1S/C14H13NO2/c1-14(16,9-13-6-3-7-17-13)12-5-2-4-11(8-12)10-15/h2-8,16H,9H2,1H3. The Kier molecular flexibility index (Phi) is 2.99. The first-order chi connectivity index (χ1) is 8.12. The van der Waals surface area contributed by atoms with E-state index in [4.69, 9.17) is 9.68 Å². The Morgan fingerprint density at radius 2 is 2.18 bits per heavy atom. The maximum atomic E-state index is 10.4. The highest BCUT2D eigenvalue weighted by Gasteiger charge is 2.25. The van der Waals surface area contributed by atoms with Crippen molar-refractivity contribution in [3.63, 3.8) is 0 Å². The van der Waals surface area contributed by atoms with Gasteiger partial charge in [0, 0.05) is 6.42 Å². The largest absolute Gasteiger partial charge is 0.469 e. The normalized spacial score (nSPS) is 13.9. The third-order valence-electron chi connectivity index (χ3n) is 2.71. The number of benzene rings is 1. The summed E-state index contributed by atoms with van der Waals surface area (Å²) in [6.45, 7) is 1.71. The third-order valence-corrected chi connectivity index (χ3v) is 2.71.